The monoisotopic (exact) mass is 532 g/mol. The predicted molar refractivity (Wildman–Crippen MR) is 144 cm³/mol. The predicted octanol–water partition coefficient (Wildman–Crippen LogP) is 5.31. The fraction of sp³-hybridized carbons (Fsp3) is 0.310. The van der Waals surface area contributed by atoms with E-state index in [9.17, 15) is 19.5 Å². The number of carbonyl (C=O) groups is 3. The van der Waals surface area contributed by atoms with Crippen molar-refractivity contribution in [3.05, 3.63) is 80.9 Å². The van der Waals surface area contributed by atoms with Crippen LogP contribution in [0.4, 0.5) is 5.13 Å². The Morgan fingerprint density at radius 1 is 1.18 bits per heavy atom. The van der Waals surface area contributed by atoms with Crippen LogP contribution in [0.1, 0.15) is 70.4 Å². The third-order valence-electron chi connectivity index (χ3n) is 6.89. The fourth-order valence-corrected chi connectivity index (χ4v) is 5.91. The second-order valence-electron chi connectivity index (χ2n) is 9.85. The summed E-state index contributed by atoms with van der Waals surface area (Å²) in [7, 11) is 1.27. The third-order valence-corrected chi connectivity index (χ3v) is 8.03. The van der Waals surface area contributed by atoms with Crippen LogP contribution < -0.4 is 9.64 Å². The number of aliphatic hydroxyl groups is 1. The summed E-state index contributed by atoms with van der Waals surface area (Å²) in [5.74, 6) is -1.46. The maximum atomic E-state index is 13.5. The molecule has 3 heterocycles. The Kier molecular flexibility index (Phi) is 6.56. The van der Waals surface area contributed by atoms with E-state index in [0.29, 0.717) is 23.2 Å². The first kappa shape index (κ1) is 25.7. The summed E-state index contributed by atoms with van der Waals surface area (Å²) in [6, 6.07) is 11.9. The lowest BCUT2D eigenvalue weighted by atomic mass is 9.93. The summed E-state index contributed by atoms with van der Waals surface area (Å²) < 4.78 is 10.6. The highest BCUT2D eigenvalue weighted by molar-refractivity contribution is 7.17. The standard InChI is InChI=1S/C29H28N2O6S/c1-14(2)17-6-8-18(9-7-17)23-22(24(32)19-10-11-21-20(13-19)12-15(3)37-21)25(33)27(34)31(23)29-30-16(4)26(38-29)28(35)36-5/h6-11,13-15,23,32H,12H2,1-5H3/t15-,23+/m0/s1. The van der Waals surface area contributed by atoms with Crippen molar-refractivity contribution in [3.63, 3.8) is 0 Å². The number of nitrogens with zero attached hydrogens (tertiary/aromatic N) is 2. The minimum Gasteiger partial charge on any atom is -0.507 e. The molecule has 196 valence electrons. The van der Waals surface area contributed by atoms with Crippen LogP contribution in [0.15, 0.2) is 48.0 Å². The van der Waals surface area contributed by atoms with Gasteiger partial charge in [0.05, 0.1) is 24.4 Å². The zero-order valence-electron chi connectivity index (χ0n) is 21.8. The summed E-state index contributed by atoms with van der Waals surface area (Å²) in [5, 5.41) is 11.7. The molecule has 2 aromatic carbocycles. The van der Waals surface area contributed by atoms with E-state index in [4.69, 9.17) is 9.47 Å². The van der Waals surface area contributed by atoms with E-state index in [1.54, 1.807) is 25.1 Å². The van der Waals surface area contributed by atoms with Gasteiger partial charge in [0.1, 0.15) is 22.5 Å². The lowest BCUT2D eigenvalue weighted by Crippen LogP contribution is -2.29. The number of methoxy groups -OCH3 is 1. The Morgan fingerprint density at radius 2 is 1.89 bits per heavy atom. The summed E-state index contributed by atoms with van der Waals surface area (Å²) in [5.41, 5.74) is 3.44. The second-order valence-corrected chi connectivity index (χ2v) is 10.8. The van der Waals surface area contributed by atoms with Crippen LogP contribution in [-0.2, 0) is 20.7 Å². The van der Waals surface area contributed by atoms with E-state index in [0.717, 1.165) is 28.2 Å². The van der Waals surface area contributed by atoms with Crippen LogP contribution >= 0.6 is 11.3 Å². The van der Waals surface area contributed by atoms with E-state index in [1.165, 1.54) is 12.0 Å². The van der Waals surface area contributed by atoms with Crippen molar-refractivity contribution in [3.8, 4) is 5.75 Å². The van der Waals surface area contributed by atoms with Crippen molar-refractivity contribution >= 4 is 39.9 Å². The van der Waals surface area contributed by atoms with Gasteiger partial charge in [-0.2, -0.15) is 0 Å². The number of amides is 1. The van der Waals surface area contributed by atoms with Gasteiger partial charge in [0, 0.05) is 12.0 Å². The van der Waals surface area contributed by atoms with Gasteiger partial charge in [-0.25, -0.2) is 9.78 Å². The van der Waals surface area contributed by atoms with Crippen LogP contribution in [0.2, 0.25) is 0 Å². The molecular formula is C29H28N2O6S. The molecule has 1 fully saturated rings. The van der Waals surface area contributed by atoms with E-state index in [-0.39, 0.29) is 33.4 Å². The van der Waals surface area contributed by atoms with E-state index >= 15 is 0 Å². The molecule has 1 saturated heterocycles. The first-order valence-electron chi connectivity index (χ1n) is 12.4. The number of hydrogen-bond acceptors (Lipinski definition) is 8. The Morgan fingerprint density at radius 3 is 2.55 bits per heavy atom. The van der Waals surface area contributed by atoms with Gasteiger partial charge < -0.3 is 14.6 Å². The fourth-order valence-electron chi connectivity index (χ4n) is 4.90. The topological polar surface area (TPSA) is 106 Å². The Labute approximate surface area is 224 Å². The molecule has 0 spiro atoms. The van der Waals surface area contributed by atoms with Crippen molar-refractivity contribution in [2.24, 2.45) is 0 Å². The number of ether oxygens (including phenoxy) is 2. The molecule has 0 unspecified atom stereocenters. The SMILES string of the molecule is COC(=O)c1sc(N2C(=O)C(=O)C(=C(O)c3ccc4c(c3)C[C@H](C)O4)[C@H]2c2ccc(C(C)C)cc2)nc1C. The molecule has 0 saturated carbocycles. The molecule has 38 heavy (non-hydrogen) atoms. The number of rotatable bonds is 5. The molecule has 1 N–H and O–H groups in total. The number of aliphatic hydroxyl groups excluding tert-OH is 1. The van der Waals surface area contributed by atoms with Gasteiger partial charge in [-0.05, 0) is 54.7 Å². The number of Topliss-reactive ketones (excluding diaryl/α,β-unsaturated/α-hetero) is 1. The number of hydrogen-bond donors (Lipinski definition) is 1. The molecule has 0 aliphatic carbocycles. The lowest BCUT2D eigenvalue weighted by Gasteiger charge is -2.23. The Bertz CT molecular complexity index is 1490. The number of aromatic nitrogens is 1. The van der Waals surface area contributed by atoms with Crippen molar-refractivity contribution in [2.45, 2.75) is 52.2 Å². The average molecular weight is 533 g/mol. The van der Waals surface area contributed by atoms with Gasteiger partial charge in [0.25, 0.3) is 5.78 Å². The number of aryl methyl sites for hydroxylation is 1. The highest BCUT2D eigenvalue weighted by Gasteiger charge is 2.48. The van der Waals surface area contributed by atoms with Crippen molar-refractivity contribution in [1.82, 2.24) is 4.98 Å². The van der Waals surface area contributed by atoms with Crippen LogP contribution in [0.5, 0.6) is 5.75 Å². The normalized spacial score (nSPS) is 20.1. The molecule has 2 aliphatic heterocycles. The number of carbonyl (C=O) groups excluding carboxylic acids is 3. The van der Waals surface area contributed by atoms with Crippen molar-refractivity contribution in [2.75, 3.05) is 12.0 Å². The summed E-state index contributed by atoms with van der Waals surface area (Å²) in [6.45, 7) is 7.76. The summed E-state index contributed by atoms with van der Waals surface area (Å²) in [6.07, 6.45) is 0.698. The number of benzene rings is 2. The summed E-state index contributed by atoms with van der Waals surface area (Å²) >= 11 is 0.974. The molecular weight excluding hydrogens is 504 g/mol. The van der Waals surface area contributed by atoms with Gasteiger partial charge in [-0.1, -0.05) is 49.4 Å². The van der Waals surface area contributed by atoms with Crippen LogP contribution in [0, 0.1) is 6.92 Å². The van der Waals surface area contributed by atoms with Crippen molar-refractivity contribution in [1.29, 1.82) is 0 Å². The zero-order chi connectivity index (χ0) is 27.3. The molecule has 0 bridgehead atoms. The van der Waals surface area contributed by atoms with Gasteiger partial charge in [0.15, 0.2) is 5.13 Å². The highest BCUT2D eigenvalue weighted by Crippen LogP contribution is 2.44. The minimum absolute atomic E-state index is 0.0181. The minimum atomic E-state index is -0.935. The number of esters is 1. The number of fused-ring (bicyclic) bond motifs is 1. The molecule has 0 radical (unpaired) electrons. The van der Waals surface area contributed by atoms with Crippen molar-refractivity contribution < 1.29 is 29.0 Å². The number of thiazole rings is 1. The van der Waals surface area contributed by atoms with E-state index in [1.807, 2.05) is 31.2 Å². The van der Waals surface area contributed by atoms with Crippen LogP contribution in [-0.4, -0.2) is 41.0 Å². The first-order chi connectivity index (χ1) is 18.1. The zero-order valence-corrected chi connectivity index (χ0v) is 22.6. The quantitative estimate of drug-likeness (QED) is 0.205. The molecule has 2 aliphatic rings. The van der Waals surface area contributed by atoms with E-state index in [2.05, 4.69) is 18.8 Å². The average Bonchev–Trinajstić information content (AvgIpc) is 3.55. The molecule has 5 rings (SSSR count). The van der Waals surface area contributed by atoms with E-state index < -0.39 is 23.7 Å². The molecule has 1 amide bonds. The number of ketones is 1. The van der Waals surface area contributed by atoms with Crippen LogP contribution in [0.25, 0.3) is 5.76 Å². The van der Waals surface area contributed by atoms with Gasteiger partial charge in [-0.15, -0.1) is 0 Å². The molecule has 2 atom stereocenters. The second kappa shape index (κ2) is 9.72. The van der Waals surface area contributed by atoms with Crippen LogP contribution in [0.3, 0.4) is 0 Å². The highest BCUT2D eigenvalue weighted by atomic mass is 32.1. The Balaban J connectivity index is 1.68. The largest absolute Gasteiger partial charge is 0.507 e. The van der Waals surface area contributed by atoms with Gasteiger partial charge in [0.2, 0.25) is 0 Å². The Hall–Kier alpha value is -3.98. The maximum Gasteiger partial charge on any atom is 0.350 e. The molecule has 3 aromatic rings. The first-order valence-corrected chi connectivity index (χ1v) is 13.2. The maximum absolute atomic E-state index is 13.5. The molecule has 9 heteroatoms. The molecule has 1 aromatic heterocycles. The lowest BCUT2D eigenvalue weighted by molar-refractivity contribution is -0.132. The smallest absolute Gasteiger partial charge is 0.350 e. The number of anilines is 1. The third kappa shape index (κ3) is 4.26. The molecule has 8 nitrogen and oxygen atoms in total. The summed E-state index contributed by atoms with van der Waals surface area (Å²) in [4.78, 5) is 45.1. The van der Waals surface area contributed by atoms with Gasteiger partial charge in [-0.3, -0.25) is 14.5 Å². The van der Waals surface area contributed by atoms with Gasteiger partial charge >= 0.3 is 11.9 Å².